The van der Waals surface area contributed by atoms with Gasteiger partial charge in [0.15, 0.2) is 5.96 Å². The number of amides is 1. The fraction of sp³-hybridized carbons (Fsp3) is 0.682. The van der Waals surface area contributed by atoms with Crippen molar-refractivity contribution in [2.75, 3.05) is 39.8 Å². The van der Waals surface area contributed by atoms with Gasteiger partial charge in [0.2, 0.25) is 0 Å². The number of hydrogen-bond acceptors (Lipinski definition) is 4. The first-order valence-corrected chi connectivity index (χ1v) is 11.1. The number of halogens is 2. The molecule has 176 valence electrons. The molecule has 0 radical (unpaired) electrons. The minimum Gasteiger partial charge on any atom is -0.444 e. The van der Waals surface area contributed by atoms with Crippen molar-refractivity contribution in [2.45, 2.75) is 52.6 Å². The average Bonchev–Trinajstić information content (AvgIpc) is 2.70. The van der Waals surface area contributed by atoms with Gasteiger partial charge in [-0.2, -0.15) is 0 Å². The van der Waals surface area contributed by atoms with E-state index in [2.05, 4.69) is 20.2 Å². The van der Waals surface area contributed by atoms with Crippen molar-refractivity contribution in [3.05, 3.63) is 29.0 Å². The van der Waals surface area contributed by atoms with Crippen molar-refractivity contribution in [3.63, 3.8) is 0 Å². The number of likely N-dealkylation sites (tertiary alicyclic amines) is 1. The van der Waals surface area contributed by atoms with E-state index in [1.807, 2.05) is 58.0 Å². The Bertz CT molecular complexity index is 701. The highest BCUT2D eigenvalue weighted by Gasteiger charge is 2.27. The number of hydrogen-bond donors (Lipinski definition) is 1. The number of rotatable bonds is 6. The molecule has 1 aliphatic rings. The Labute approximate surface area is 209 Å². The first kappa shape index (κ1) is 27.7. The summed E-state index contributed by atoms with van der Waals surface area (Å²) in [6.45, 7) is 11.8. The molecule has 1 aliphatic heterocycles. The summed E-state index contributed by atoms with van der Waals surface area (Å²) in [6, 6.07) is 3.81. The van der Waals surface area contributed by atoms with Crippen LogP contribution >= 0.6 is 35.6 Å². The summed E-state index contributed by atoms with van der Waals surface area (Å²) in [5.41, 5.74) is 0.677. The van der Waals surface area contributed by atoms with Crippen LogP contribution in [0.15, 0.2) is 23.3 Å². The molecule has 1 saturated heterocycles. The molecule has 0 bridgehead atoms. The third kappa shape index (κ3) is 9.80. The second-order valence-electron chi connectivity index (χ2n) is 8.66. The first-order valence-electron chi connectivity index (χ1n) is 10.8. The van der Waals surface area contributed by atoms with Crippen molar-refractivity contribution in [3.8, 4) is 0 Å². The Morgan fingerprint density at radius 2 is 2.03 bits per heavy atom. The predicted molar refractivity (Wildman–Crippen MR) is 138 cm³/mol. The number of piperidine rings is 1. The number of guanidine groups is 1. The van der Waals surface area contributed by atoms with E-state index in [1.165, 1.54) is 0 Å². The molecule has 1 aromatic rings. The van der Waals surface area contributed by atoms with Crippen molar-refractivity contribution in [2.24, 2.45) is 10.9 Å². The van der Waals surface area contributed by atoms with Gasteiger partial charge in [-0.25, -0.2) is 9.78 Å². The highest BCUT2D eigenvalue weighted by molar-refractivity contribution is 14.0. The van der Waals surface area contributed by atoms with E-state index < -0.39 is 5.60 Å². The monoisotopic (exact) mass is 565 g/mol. The fourth-order valence-electron chi connectivity index (χ4n) is 3.50. The zero-order valence-corrected chi connectivity index (χ0v) is 22.4. The maximum absolute atomic E-state index is 12.4. The van der Waals surface area contributed by atoms with E-state index >= 15 is 0 Å². The first-order chi connectivity index (χ1) is 14.2. The summed E-state index contributed by atoms with van der Waals surface area (Å²) in [5, 5.41) is 3.96. The van der Waals surface area contributed by atoms with Gasteiger partial charge in [0.1, 0.15) is 10.8 Å². The Morgan fingerprint density at radius 3 is 2.55 bits per heavy atom. The third-order valence-electron chi connectivity index (χ3n) is 5.12. The molecule has 2 rings (SSSR count). The zero-order valence-electron chi connectivity index (χ0n) is 19.4. The molecule has 7 nitrogen and oxygen atoms in total. The molecule has 2 heterocycles. The van der Waals surface area contributed by atoms with Gasteiger partial charge in [0.05, 0.1) is 0 Å². The number of carbonyl (C=O) groups is 1. The Hall–Kier alpha value is -1.29. The van der Waals surface area contributed by atoms with Crippen LogP contribution in [-0.4, -0.2) is 72.2 Å². The van der Waals surface area contributed by atoms with Crippen LogP contribution in [0, 0.1) is 5.92 Å². The molecular weight excluding hydrogens is 529 g/mol. The lowest BCUT2D eigenvalue weighted by Gasteiger charge is -2.36. The smallest absolute Gasteiger partial charge is 0.410 e. The Morgan fingerprint density at radius 1 is 1.35 bits per heavy atom. The summed E-state index contributed by atoms with van der Waals surface area (Å²) >= 11 is 5.84. The van der Waals surface area contributed by atoms with Crippen LogP contribution in [0.25, 0.3) is 0 Å². The largest absolute Gasteiger partial charge is 0.444 e. The molecule has 0 saturated carbocycles. The Kier molecular flexibility index (Phi) is 11.9. The Balaban J connectivity index is 0.00000480. The van der Waals surface area contributed by atoms with Crippen LogP contribution in [-0.2, 0) is 11.2 Å². The number of aliphatic imine (C=N–C) groups is 1. The van der Waals surface area contributed by atoms with E-state index in [0.29, 0.717) is 17.6 Å². The summed E-state index contributed by atoms with van der Waals surface area (Å²) < 4.78 is 5.53. The standard InChI is InChI=1S/C22H36ClN5O2.HI/c1-6-27(21(29)30-22(2,3)4)16-18-10-13-28(14-11-18)20(24-5)25-12-9-17-7-8-19(23)26-15-17;/h7-8,15,18H,6,9-14,16H2,1-5H3,(H,24,25);1H. The number of nitrogens with one attached hydrogen (secondary N) is 1. The van der Waals surface area contributed by atoms with Gasteiger partial charge in [-0.15, -0.1) is 24.0 Å². The third-order valence-corrected chi connectivity index (χ3v) is 5.35. The minimum absolute atomic E-state index is 0. The SMILES string of the molecule is CCN(CC1CCN(C(=NC)NCCc2ccc(Cl)nc2)CC1)C(=O)OC(C)(C)C.I. The normalized spacial score (nSPS) is 15.3. The van der Waals surface area contributed by atoms with Crippen LogP contribution in [0.5, 0.6) is 0 Å². The summed E-state index contributed by atoms with van der Waals surface area (Å²) in [5.74, 6) is 1.40. The highest BCUT2D eigenvalue weighted by atomic mass is 127. The second kappa shape index (κ2) is 13.3. The molecule has 0 atom stereocenters. The van der Waals surface area contributed by atoms with Crippen LogP contribution in [0.2, 0.25) is 5.15 Å². The van der Waals surface area contributed by atoms with Gasteiger partial charge < -0.3 is 19.9 Å². The van der Waals surface area contributed by atoms with E-state index in [-0.39, 0.29) is 30.1 Å². The van der Waals surface area contributed by atoms with E-state index in [0.717, 1.165) is 57.0 Å². The summed E-state index contributed by atoms with van der Waals surface area (Å²) in [6.07, 6.45) is 4.51. The summed E-state index contributed by atoms with van der Waals surface area (Å²) in [7, 11) is 1.82. The van der Waals surface area contributed by atoms with Crippen molar-refractivity contribution >= 4 is 47.6 Å². The van der Waals surface area contributed by atoms with Crippen molar-refractivity contribution in [1.82, 2.24) is 20.1 Å². The number of pyridine rings is 1. The highest BCUT2D eigenvalue weighted by Crippen LogP contribution is 2.20. The van der Waals surface area contributed by atoms with Gasteiger partial charge in [-0.3, -0.25) is 4.99 Å². The van der Waals surface area contributed by atoms with Crippen molar-refractivity contribution in [1.29, 1.82) is 0 Å². The zero-order chi connectivity index (χ0) is 22.1. The maximum atomic E-state index is 12.4. The molecular formula is C22H37ClIN5O2. The van der Waals surface area contributed by atoms with E-state index in [9.17, 15) is 4.79 Å². The second-order valence-corrected chi connectivity index (χ2v) is 9.05. The predicted octanol–water partition coefficient (Wildman–Crippen LogP) is 4.44. The van der Waals surface area contributed by atoms with Crippen LogP contribution in [0.1, 0.15) is 46.1 Å². The van der Waals surface area contributed by atoms with Crippen LogP contribution in [0.3, 0.4) is 0 Å². The van der Waals surface area contributed by atoms with Crippen LogP contribution < -0.4 is 5.32 Å². The minimum atomic E-state index is -0.464. The van der Waals surface area contributed by atoms with Gasteiger partial charge >= 0.3 is 6.09 Å². The van der Waals surface area contributed by atoms with Gasteiger partial charge in [0.25, 0.3) is 0 Å². The molecule has 1 N–H and O–H groups in total. The number of carbonyl (C=O) groups excluding carboxylic acids is 1. The maximum Gasteiger partial charge on any atom is 0.410 e. The average molecular weight is 566 g/mol. The van der Waals surface area contributed by atoms with Gasteiger partial charge in [-0.05, 0) is 64.5 Å². The van der Waals surface area contributed by atoms with Gasteiger partial charge in [0, 0.05) is 46.0 Å². The van der Waals surface area contributed by atoms with Crippen LogP contribution in [0.4, 0.5) is 4.79 Å². The molecule has 1 amide bonds. The van der Waals surface area contributed by atoms with Crippen molar-refractivity contribution < 1.29 is 9.53 Å². The molecule has 0 aromatic carbocycles. The topological polar surface area (TPSA) is 70.1 Å². The molecule has 0 spiro atoms. The lowest BCUT2D eigenvalue weighted by molar-refractivity contribution is 0.0214. The molecule has 31 heavy (non-hydrogen) atoms. The van der Waals surface area contributed by atoms with E-state index in [1.54, 1.807) is 0 Å². The van der Waals surface area contributed by atoms with Gasteiger partial charge in [-0.1, -0.05) is 17.7 Å². The fourth-order valence-corrected chi connectivity index (χ4v) is 3.62. The lowest BCUT2D eigenvalue weighted by Crippen LogP contribution is -2.48. The quantitative estimate of drug-likeness (QED) is 0.239. The number of aromatic nitrogens is 1. The summed E-state index contributed by atoms with van der Waals surface area (Å²) in [4.78, 5) is 25.1. The van der Waals surface area contributed by atoms with E-state index in [4.69, 9.17) is 16.3 Å². The number of nitrogens with zero attached hydrogens (tertiary/aromatic N) is 4. The molecule has 0 unspecified atom stereocenters. The molecule has 0 aliphatic carbocycles. The lowest BCUT2D eigenvalue weighted by atomic mass is 9.96. The molecule has 1 fully saturated rings. The molecule has 1 aromatic heterocycles. The number of ether oxygens (including phenoxy) is 1. The molecule has 9 heteroatoms.